The Balaban J connectivity index is 1.68. The minimum atomic E-state index is 0.323. The summed E-state index contributed by atoms with van der Waals surface area (Å²) in [6, 6.07) is 11.3. The topological polar surface area (TPSA) is 48.7 Å². The summed E-state index contributed by atoms with van der Waals surface area (Å²) in [5, 5.41) is 3.50. The van der Waals surface area contributed by atoms with Crippen molar-refractivity contribution in [3.63, 3.8) is 0 Å². The first-order valence-corrected chi connectivity index (χ1v) is 10.4. The van der Waals surface area contributed by atoms with Crippen molar-refractivity contribution in [2.45, 2.75) is 39.3 Å². The average molecular weight is 383 g/mol. The lowest BCUT2D eigenvalue weighted by molar-refractivity contribution is 0.189. The minimum Gasteiger partial charge on any atom is -0.370 e. The van der Waals surface area contributed by atoms with Crippen molar-refractivity contribution in [2.75, 3.05) is 38.1 Å². The number of hydrogen-bond donors (Lipinski definition) is 1. The van der Waals surface area contributed by atoms with Crippen molar-refractivity contribution in [3.05, 3.63) is 49.1 Å². The first-order valence-electron chi connectivity index (χ1n) is 10.4. The summed E-state index contributed by atoms with van der Waals surface area (Å²) in [5.41, 5.74) is 1.22. The molecule has 6 nitrogen and oxygen atoms in total. The van der Waals surface area contributed by atoms with E-state index in [1.54, 1.807) is 0 Å². The molecule has 3 atom stereocenters. The van der Waals surface area contributed by atoms with Crippen LogP contribution < -0.4 is 10.2 Å². The van der Waals surface area contributed by atoms with Crippen LogP contribution in [0.1, 0.15) is 33.2 Å². The molecule has 1 N–H and O–H groups in total. The lowest BCUT2D eigenvalue weighted by Gasteiger charge is -2.39. The molecular formula is C22H34N6. The summed E-state index contributed by atoms with van der Waals surface area (Å²) < 4.78 is 2.24. The molecule has 1 aromatic heterocycles. The molecular weight excluding hydrogens is 348 g/mol. The molecule has 0 radical (unpaired) electrons. The van der Waals surface area contributed by atoms with Crippen LogP contribution in [-0.4, -0.2) is 59.7 Å². The Morgan fingerprint density at radius 2 is 2.14 bits per heavy atom. The van der Waals surface area contributed by atoms with E-state index in [9.17, 15) is 0 Å². The fraction of sp³-hybridized carbons (Fsp3) is 0.545. The van der Waals surface area contributed by atoms with Crippen LogP contribution in [0.2, 0.25) is 0 Å². The van der Waals surface area contributed by atoms with Crippen LogP contribution in [0.3, 0.4) is 0 Å². The SMILES string of the molecule is CCNC(=NCC(C)N(C)c1ccccc1)N1CCC(C)C(n2ccnc2)C1. The number of aromatic nitrogens is 2. The highest BCUT2D eigenvalue weighted by molar-refractivity contribution is 5.80. The molecule has 3 unspecified atom stereocenters. The predicted molar refractivity (Wildman–Crippen MR) is 117 cm³/mol. The summed E-state index contributed by atoms with van der Waals surface area (Å²) in [6.07, 6.45) is 7.04. The van der Waals surface area contributed by atoms with Crippen molar-refractivity contribution in [2.24, 2.45) is 10.9 Å². The highest BCUT2D eigenvalue weighted by Gasteiger charge is 2.29. The Morgan fingerprint density at radius 1 is 1.36 bits per heavy atom. The molecule has 0 spiro atoms. The van der Waals surface area contributed by atoms with Gasteiger partial charge in [-0.05, 0) is 38.3 Å². The second-order valence-electron chi connectivity index (χ2n) is 7.78. The molecule has 0 aliphatic carbocycles. The van der Waals surface area contributed by atoms with Crippen molar-refractivity contribution in [1.29, 1.82) is 0 Å². The average Bonchev–Trinajstić information content (AvgIpc) is 3.26. The van der Waals surface area contributed by atoms with Crippen LogP contribution in [0.25, 0.3) is 0 Å². The molecule has 1 fully saturated rings. The zero-order valence-electron chi connectivity index (χ0n) is 17.6. The van der Waals surface area contributed by atoms with E-state index in [1.807, 2.05) is 12.5 Å². The van der Waals surface area contributed by atoms with Gasteiger partial charge in [-0.3, -0.25) is 4.99 Å². The molecule has 0 amide bonds. The maximum absolute atomic E-state index is 4.99. The van der Waals surface area contributed by atoms with Gasteiger partial charge in [0.05, 0.1) is 18.9 Å². The van der Waals surface area contributed by atoms with Gasteiger partial charge in [0.25, 0.3) is 0 Å². The van der Waals surface area contributed by atoms with Gasteiger partial charge >= 0.3 is 0 Å². The molecule has 1 aliphatic heterocycles. The third-order valence-corrected chi connectivity index (χ3v) is 5.79. The van der Waals surface area contributed by atoms with Crippen molar-refractivity contribution in [3.8, 4) is 0 Å². The fourth-order valence-corrected chi connectivity index (χ4v) is 3.78. The summed E-state index contributed by atoms with van der Waals surface area (Å²) in [4.78, 5) is 13.9. The number of rotatable bonds is 6. The van der Waals surface area contributed by atoms with E-state index in [0.717, 1.165) is 38.6 Å². The van der Waals surface area contributed by atoms with Gasteiger partial charge in [-0.2, -0.15) is 0 Å². The van der Waals surface area contributed by atoms with Gasteiger partial charge in [0.15, 0.2) is 5.96 Å². The normalized spacial score (nSPS) is 21.4. The number of hydrogen-bond acceptors (Lipinski definition) is 3. The van der Waals surface area contributed by atoms with E-state index in [1.165, 1.54) is 5.69 Å². The number of imidazole rings is 1. The van der Waals surface area contributed by atoms with Gasteiger partial charge < -0.3 is 19.7 Å². The van der Waals surface area contributed by atoms with Gasteiger partial charge in [-0.25, -0.2) is 4.98 Å². The monoisotopic (exact) mass is 382 g/mol. The lowest BCUT2D eigenvalue weighted by Crippen LogP contribution is -2.49. The summed E-state index contributed by atoms with van der Waals surface area (Å²) in [7, 11) is 2.14. The Morgan fingerprint density at radius 3 is 2.82 bits per heavy atom. The Kier molecular flexibility index (Phi) is 6.95. The van der Waals surface area contributed by atoms with Gasteiger partial charge in [0.2, 0.25) is 0 Å². The smallest absolute Gasteiger partial charge is 0.194 e. The third-order valence-electron chi connectivity index (χ3n) is 5.79. The second kappa shape index (κ2) is 9.62. The number of aliphatic imine (C=N–C) groups is 1. The van der Waals surface area contributed by atoms with Crippen LogP contribution in [0.4, 0.5) is 5.69 Å². The number of piperidine rings is 1. The molecule has 0 bridgehead atoms. The summed E-state index contributed by atoms with van der Waals surface area (Å²) in [6.45, 7) is 10.3. The molecule has 6 heteroatoms. The van der Waals surface area contributed by atoms with E-state index < -0.39 is 0 Å². The summed E-state index contributed by atoms with van der Waals surface area (Å²) >= 11 is 0. The molecule has 152 valence electrons. The number of nitrogens with zero attached hydrogens (tertiary/aromatic N) is 5. The number of benzene rings is 1. The Hall–Kier alpha value is -2.50. The van der Waals surface area contributed by atoms with E-state index in [2.05, 4.69) is 89.0 Å². The predicted octanol–water partition coefficient (Wildman–Crippen LogP) is 3.26. The van der Waals surface area contributed by atoms with Crippen LogP contribution >= 0.6 is 0 Å². The maximum atomic E-state index is 4.99. The number of likely N-dealkylation sites (tertiary alicyclic amines) is 1. The van der Waals surface area contributed by atoms with Crippen LogP contribution in [0.15, 0.2) is 54.0 Å². The van der Waals surface area contributed by atoms with Crippen LogP contribution in [0, 0.1) is 5.92 Å². The molecule has 1 aliphatic rings. The molecule has 1 saturated heterocycles. The Labute approximate surface area is 169 Å². The quantitative estimate of drug-likeness (QED) is 0.615. The van der Waals surface area contributed by atoms with Crippen molar-refractivity contribution < 1.29 is 0 Å². The number of nitrogens with one attached hydrogen (secondary N) is 1. The van der Waals surface area contributed by atoms with Crippen molar-refractivity contribution >= 4 is 11.6 Å². The molecule has 2 aromatic rings. The van der Waals surface area contributed by atoms with Gasteiger partial charge in [0.1, 0.15) is 0 Å². The minimum absolute atomic E-state index is 0.323. The number of likely N-dealkylation sites (N-methyl/N-ethyl adjacent to an activating group) is 1. The first kappa shape index (κ1) is 20.2. The van der Waals surface area contributed by atoms with Gasteiger partial charge in [-0.15, -0.1) is 0 Å². The summed E-state index contributed by atoms with van der Waals surface area (Å²) in [5.74, 6) is 1.66. The standard InChI is InChI=1S/C22H34N6/c1-5-24-22(25-15-19(3)26(4)20-9-7-6-8-10-20)27-13-11-18(2)21(16-27)28-14-12-23-17-28/h6-10,12,14,17-19,21H,5,11,13,15-16H2,1-4H3,(H,24,25). The number of anilines is 1. The van der Waals surface area contributed by atoms with E-state index in [-0.39, 0.29) is 0 Å². The van der Waals surface area contributed by atoms with E-state index >= 15 is 0 Å². The number of guanidine groups is 1. The third kappa shape index (κ3) is 4.86. The Bertz CT molecular complexity index is 727. The highest BCUT2D eigenvalue weighted by Crippen LogP contribution is 2.27. The van der Waals surface area contributed by atoms with Crippen LogP contribution in [-0.2, 0) is 0 Å². The highest BCUT2D eigenvalue weighted by atomic mass is 15.3. The molecule has 28 heavy (non-hydrogen) atoms. The largest absolute Gasteiger partial charge is 0.370 e. The zero-order chi connectivity index (χ0) is 19.9. The number of para-hydroxylation sites is 1. The van der Waals surface area contributed by atoms with E-state index in [4.69, 9.17) is 4.99 Å². The fourth-order valence-electron chi connectivity index (χ4n) is 3.78. The zero-order valence-corrected chi connectivity index (χ0v) is 17.6. The molecule has 2 heterocycles. The molecule has 1 aromatic carbocycles. The first-order chi connectivity index (χ1) is 13.6. The molecule has 3 rings (SSSR count). The van der Waals surface area contributed by atoms with Gasteiger partial charge in [-0.1, -0.05) is 25.1 Å². The maximum Gasteiger partial charge on any atom is 0.194 e. The van der Waals surface area contributed by atoms with Crippen molar-refractivity contribution in [1.82, 2.24) is 19.8 Å². The lowest BCUT2D eigenvalue weighted by atomic mass is 9.93. The molecule has 0 saturated carbocycles. The van der Waals surface area contributed by atoms with Crippen LogP contribution in [0.5, 0.6) is 0 Å². The van der Waals surface area contributed by atoms with Gasteiger partial charge in [0, 0.05) is 50.8 Å². The van der Waals surface area contributed by atoms with E-state index in [0.29, 0.717) is 18.0 Å². The second-order valence-corrected chi connectivity index (χ2v) is 7.78.